The van der Waals surface area contributed by atoms with Crippen LogP contribution >= 0.6 is 34.8 Å². The summed E-state index contributed by atoms with van der Waals surface area (Å²) < 4.78 is 0. The number of rotatable bonds is 3. The van der Waals surface area contributed by atoms with Gasteiger partial charge in [-0.25, -0.2) is 4.79 Å². The molecule has 0 aliphatic carbocycles. The lowest BCUT2D eigenvalue weighted by atomic mass is 10.0. The molecular formula is C19H16Cl3N3O2. The molecule has 5 nitrogen and oxygen atoms in total. The van der Waals surface area contributed by atoms with Gasteiger partial charge in [0, 0.05) is 28.4 Å². The van der Waals surface area contributed by atoms with E-state index < -0.39 is 6.03 Å². The highest BCUT2D eigenvalue weighted by molar-refractivity contribution is 6.36. The van der Waals surface area contributed by atoms with Crippen molar-refractivity contribution in [2.45, 2.75) is 20.3 Å². The molecule has 8 heteroatoms. The van der Waals surface area contributed by atoms with Gasteiger partial charge in [0.2, 0.25) is 5.91 Å². The summed E-state index contributed by atoms with van der Waals surface area (Å²) in [5, 5.41) is 6.86. The average molecular weight is 425 g/mol. The highest BCUT2D eigenvalue weighted by Crippen LogP contribution is 2.34. The zero-order chi connectivity index (χ0) is 19.7. The zero-order valence-corrected chi connectivity index (χ0v) is 16.9. The van der Waals surface area contributed by atoms with Gasteiger partial charge >= 0.3 is 6.03 Å². The minimum absolute atomic E-state index is 0.167. The number of halogens is 3. The molecule has 2 aromatic carbocycles. The van der Waals surface area contributed by atoms with Crippen LogP contribution in [0.5, 0.6) is 0 Å². The van der Waals surface area contributed by atoms with E-state index in [2.05, 4.69) is 5.10 Å². The SMILES string of the molecule is CC(=O)N1CC(C)=NN(c2cc(Cl)c(Cc3ccc(Cl)cc3)c(Cl)c2)C1=O. The minimum Gasteiger partial charge on any atom is -0.275 e. The molecule has 27 heavy (non-hydrogen) atoms. The number of urea groups is 1. The van der Waals surface area contributed by atoms with Crippen LogP contribution in [0.25, 0.3) is 0 Å². The molecule has 1 aliphatic heterocycles. The Hall–Kier alpha value is -2.08. The zero-order valence-electron chi connectivity index (χ0n) is 14.7. The lowest BCUT2D eigenvalue weighted by molar-refractivity contribution is -0.125. The topological polar surface area (TPSA) is 53.0 Å². The maximum atomic E-state index is 12.6. The van der Waals surface area contributed by atoms with Crippen molar-refractivity contribution in [1.82, 2.24) is 4.90 Å². The molecule has 0 aromatic heterocycles. The number of carbonyl (C=O) groups is 2. The van der Waals surface area contributed by atoms with E-state index in [1.165, 1.54) is 6.92 Å². The third kappa shape index (κ3) is 4.26. The third-order valence-corrected chi connectivity index (χ3v) is 5.04. The Kier molecular flexibility index (Phi) is 5.75. The molecule has 0 unspecified atom stereocenters. The van der Waals surface area contributed by atoms with E-state index in [0.717, 1.165) is 21.0 Å². The predicted octanol–water partition coefficient (Wildman–Crippen LogP) is 5.40. The van der Waals surface area contributed by atoms with Crippen LogP contribution in [-0.2, 0) is 11.2 Å². The van der Waals surface area contributed by atoms with Crippen molar-refractivity contribution in [2.75, 3.05) is 11.6 Å². The molecule has 0 N–H and O–H groups in total. The van der Waals surface area contributed by atoms with Crippen LogP contribution in [0, 0.1) is 0 Å². The Morgan fingerprint density at radius 1 is 1.11 bits per heavy atom. The van der Waals surface area contributed by atoms with Gasteiger partial charge in [0.1, 0.15) is 0 Å². The number of hydrogen-bond acceptors (Lipinski definition) is 3. The van der Waals surface area contributed by atoms with E-state index in [-0.39, 0.29) is 12.5 Å². The molecule has 1 aliphatic rings. The van der Waals surface area contributed by atoms with Crippen molar-refractivity contribution in [1.29, 1.82) is 0 Å². The lowest BCUT2D eigenvalue weighted by Crippen LogP contribution is -2.49. The summed E-state index contributed by atoms with van der Waals surface area (Å²) in [6, 6.07) is 10.1. The minimum atomic E-state index is -0.536. The van der Waals surface area contributed by atoms with Gasteiger partial charge < -0.3 is 0 Å². The molecule has 0 saturated carbocycles. The van der Waals surface area contributed by atoms with Crippen molar-refractivity contribution in [3.05, 3.63) is 62.6 Å². The van der Waals surface area contributed by atoms with E-state index >= 15 is 0 Å². The van der Waals surface area contributed by atoms with Crippen LogP contribution < -0.4 is 5.01 Å². The summed E-state index contributed by atoms with van der Waals surface area (Å²) in [7, 11) is 0. The Bertz CT molecular complexity index is 919. The van der Waals surface area contributed by atoms with E-state index in [1.807, 2.05) is 12.1 Å². The van der Waals surface area contributed by atoms with Crippen LogP contribution in [0.2, 0.25) is 15.1 Å². The summed E-state index contributed by atoms with van der Waals surface area (Å²) in [5.41, 5.74) is 2.77. The molecule has 0 radical (unpaired) electrons. The second kappa shape index (κ2) is 7.89. The molecule has 0 atom stereocenters. The van der Waals surface area contributed by atoms with Crippen molar-refractivity contribution in [3.8, 4) is 0 Å². The number of anilines is 1. The largest absolute Gasteiger partial charge is 0.352 e. The summed E-state index contributed by atoms with van der Waals surface area (Å²) in [4.78, 5) is 25.4. The number of carbonyl (C=O) groups excluding carboxylic acids is 2. The standard InChI is InChI=1S/C19H16Cl3N3O2/c1-11-10-24(12(2)26)19(27)25(23-11)15-8-17(21)16(18(22)9-15)7-13-3-5-14(20)6-4-13/h3-6,8-9H,7,10H2,1-2H3. The third-order valence-electron chi connectivity index (χ3n) is 4.11. The number of amides is 3. The van der Waals surface area contributed by atoms with E-state index in [4.69, 9.17) is 34.8 Å². The second-order valence-electron chi connectivity index (χ2n) is 6.23. The Labute approximate surface area is 172 Å². The first-order valence-electron chi connectivity index (χ1n) is 8.15. The molecule has 3 rings (SSSR count). The van der Waals surface area contributed by atoms with Gasteiger partial charge in [-0.2, -0.15) is 10.1 Å². The number of hydrogen-bond donors (Lipinski definition) is 0. The maximum Gasteiger partial charge on any atom is 0.352 e. The van der Waals surface area contributed by atoms with E-state index in [1.54, 1.807) is 31.2 Å². The monoisotopic (exact) mass is 423 g/mol. The molecule has 0 bridgehead atoms. The van der Waals surface area contributed by atoms with Gasteiger partial charge in [0.25, 0.3) is 0 Å². The van der Waals surface area contributed by atoms with Gasteiger partial charge in [0.15, 0.2) is 0 Å². The lowest BCUT2D eigenvalue weighted by Gasteiger charge is -2.30. The van der Waals surface area contributed by atoms with E-state index in [0.29, 0.717) is 32.9 Å². The van der Waals surface area contributed by atoms with Crippen molar-refractivity contribution < 1.29 is 9.59 Å². The molecule has 0 spiro atoms. The first-order chi connectivity index (χ1) is 12.8. The second-order valence-corrected chi connectivity index (χ2v) is 7.48. The quantitative estimate of drug-likeness (QED) is 0.662. The Balaban J connectivity index is 1.94. The normalized spacial score (nSPS) is 14.4. The summed E-state index contributed by atoms with van der Waals surface area (Å²) in [6.07, 6.45) is 0.519. The number of benzene rings is 2. The summed E-state index contributed by atoms with van der Waals surface area (Å²) in [6.45, 7) is 3.25. The number of hydrazone groups is 1. The fraction of sp³-hybridized carbons (Fsp3) is 0.211. The van der Waals surface area contributed by atoms with Crippen molar-refractivity contribution in [2.24, 2.45) is 5.10 Å². The van der Waals surface area contributed by atoms with Gasteiger partial charge in [0.05, 0.1) is 17.9 Å². The van der Waals surface area contributed by atoms with Gasteiger partial charge in [-0.1, -0.05) is 46.9 Å². The molecule has 0 fully saturated rings. The summed E-state index contributed by atoms with van der Waals surface area (Å²) in [5.74, 6) is -0.351. The van der Waals surface area contributed by atoms with Crippen LogP contribution in [0.1, 0.15) is 25.0 Å². The highest BCUT2D eigenvalue weighted by Gasteiger charge is 2.30. The highest BCUT2D eigenvalue weighted by atomic mass is 35.5. The van der Waals surface area contributed by atoms with Crippen molar-refractivity contribution >= 4 is 58.1 Å². The predicted molar refractivity (Wildman–Crippen MR) is 109 cm³/mol. The molecule has 1 heterocycles. The molecule has 3 amide bonds. The van der Waals surface area contributed by atoms with Gasteiger partial charge in [-0.05, 0) is 42.3 Å². The average Bonchev–Trinajstić information content (AvgIpc) is 2.61. The smallest absolute Gasteiger partial charge is 0.275 e. The molecule has 0 saturated heterocycles. The fourth-order valence-corrected chi connectivity index (χ4v) is 3.49. The van der Waals surface area contributed by atoms with Gasteiger partial charge in [-0.3, -0.25) is 9.69 Å². The molecular weight excluding hydrogens is 409 g/mol. The van der Waals surface area contributed by atoms with E-state index in [9.17, 15) is 9.59 Å². The van der Waals surface area contributed by atoms with Crippen LogP contribution in [-0.4, -0.2) is 29.1 Å². The van der Waals surface area contributed by atoms with Gasteiger partial charge in [-0.15, -0.1) is 0 Å². The number of nitrogens with zero attached hydrogens (tertiary/aromatic N) is 3. The molecule has 140 valence electrons. The molecule has 2 aromatic rings. The summed E-state index contributed by atoms with van der Waals surface area (Å²) >= 11 is 18.8. The Morgan fingerprint density at radius 3 is 2.26 bits per heavy atom. The maximum absolute atomic E-state index is 12.6. The first-order valence-corrected chi connectivity index (χ1v) is 9.28. The first kappa shape index (κ1) is 19.7. The Morgan fingerprint density at radius 2 is 1.70 bits per heavy atom. The fourth-order valence-electron chi connectivity index (χ4n) is 2.76. The number of imide groups is 1. The van der Waals surface area contributed by atoms with Crippen molar-refractivity contribution in [3.63, 3.8) is 0 Å². The van der Waals surface area contributed by atoms with Crippen LogP contribution in [0.4, 0.5) is 10.5 Å². The van der Waals surface area contributed by atoms with Crippen LogP contribution in [0.15, 0.2) is 41.5 Å². The van der Waals surface area contributed by atoms with Crippen LogP contribution in [0.3, 0.4) is 0 Å².